The minimum absolute atomic E-state index is 0.0257. The molecule has 0 saturated heterocycles. The summed E-state index contributed by atoms with van der Waals surface area (Å²) in [6, 6.07) is 0. The molecule has 0 saturated carbocycles. The number of aliphatic carboxylic acids is 2. The van der Waals surface area contributed by atoms with E-state index in [2.05, 4.69) is 39.3 Å². The lowest BCUT2D eigenvalue weighted by molar-refractivity contribution is -0.136. The second kappa shape index (κ2) is 8.29. The van der Waals surface area contributed by atoms with E-state index < -0.39 is 28.1 Å². The van der Waals surface area contributed by atoms with Crippen LogP contribution in [-0.2, 0) is 9.59 Å². The molecule has 0 aliphatic heterocycles. The maximum atomic E-state index is 11.4. The van der Waals surface area contributed by atoms with Gasteiger partial charge in [-0.3, -0.25) is 0 Å². The zero-order chi connectivity index (χ0) is 17.6. The fourth-order valence-corrected chi connectivity index (χ4v) is 3.39. The normalized spacial score (nSPS) is 14.5. The molecule has 0 radical (unpaired) electrons. The highest BCUT2D eigenvalue weighted by Crippen LogP contribution is 2.17. The Balaban J connectivity index is 5.41. The summed E-state index contributed by atoms with van der Waals surface area (Å²) < 4.78 is 0. The van der Waals surface area contributed by atoms with Gasteiger partial charge in [-0.2, -0.15) is 0 Å². The molecule has 4 nitrogen and oxygen atoms in total. The number of carbonyl (C=O) groups is 2. The monoisotopic (exact) mass is 340 g/mol. The first-order valence-electron chi connectivity index (χ1n) is 7.37. The molecule has 124 valence electrons. The lowest BCUT2D eigenvalue weighted by Gasteiger charge is -2.10. The van der Waals surface area contributed by atoms with Gasteiger partial charge in [0.05, 0.1) is 27.3 Å². The van der Waals surface area contributed by atoms with Gasteiger partial charge in [0, 0.05) is 0 Å². The summed E-state index contributed by atoms with van der Waals surface area (Å²) in [5, 5.41) is 18.6. The molecule has 0 rings (SSSR count). The molecule has 0 aliphatic rings. The third kappa shape index (κ3) is 9.52. The molecule has 0 aromatic rings. The number of allylic oxidation sites excluding steroid dienone is 2. The quantitative estimate of drug-likeness (QED) is 0.515. The highest BCUT2D eigenvalue weighted by molar-refractivity contribution is 6.81. The summed E-state index contributed by atoms with van der Waals surface area (Å²) in [6.45, 7) is 12.8. The van der Waals surface area contributed by atoms with Crippen molar-refractivity contribution < 1.29 is 19.8 Å². The van der Waals surface area contributed by atoms with E-state index in [1.807, 2.05) is 11.4 Å². The minimum atomic E-state index is -1.42. The Labute approximate surface area is 135 Å². The van der Waals surface area contributed by atoms with Gasteiger partial charge in [0.25, 0.3) is 0 Å². The van der Waals surface area contributed by atoms with Gasteiger partial charge >= 0.3 is 11.9 Å². The molecule has 0 aromatic heterocycles. The van der Waals surface area contributed by atoms with Gasteiger partial charge in [-0.05, 0) is 12.8 Å². The van der Waals surface area contributed by atoms with Crippen LogP contribution in [0.4, 0.5) is 0 Å². The molecule has 0 atom stereocenters. The third-order valence-electron chi connectivity index (χ3n) is 2.76. The summed E-state index contributed by atoms with van der Waals surface area (Å²) in [5.74, 6) is -2.31. The van der Waals surface area contributed by atoms with Crippen molar-refractivity contribution in [3.05, 3.63) is 34.7 Å². The summed E-state index contributed by atoms with van der Waals surface area (Å²) in [7, 11) is -2.85. The van der Waals surface area contributed by atoms with E-state index in [-0.39, 0.29) is 24.0 Å². The Morgan fingerprint density at radius 3 is 1.18 bits per heavy atom. The van der Waals surface area contributed by atoms with Gasteiger partial charge in [-0.15, -0.1) is 0 Å². The third-order valence-corrected chi connectivity index (χ3v) is 5.23. The molecule has 0 fully saturated rings. The van der Waals surface area contributed by atoms with Crippen molar-refractivity contribution in [2.24, 2.45) is 0 Å². The van der Waals surface area contributed by atoms with E-state index in [1.54, 1.807) is 12.2 Å². The van der Waals surface area contributed by atoms with Gasteiger partial charge in [0.2, 0.25) is 0 Å². The largest absolute Gasteiger partial charge is 0.478 e. The van der Waals surface area contributed by atoms with Crippen LogP contribution in [0.1, 0.15) is 12.8 Å². The van der Waals surface area contributed by atoms with Crippen LogP contribution in [0.15, 0.2) is 34.7 Å². The van der Waals surface area contributed by atoms with Crippen LogP contribution in [0, 0.1) is 0 Å². The molecule has 6 heteroatoms. The van der Waals surface area contributed by atoms with E-state index >= 15 is 0 Å². The Morgan fingerprint density at radius 2 is 1.00 bits per heavy atom. The van der Waals surface area contributed by atoms with Crippen LogP contribution < -0.4 is 0 Å². The van der Waals surface area contributed by atoms with E-state index in [0.29, 0.717) is 0 Å². The van der Waals surface area contributed by atoms with Crippen LogP contribution in [0.3, 0.4) is 0 Å². The number of rotatable bonds is 8. The summed E-state index contributed by atoms with van der Waals surface area (Å²) in [5.41, 5.74) is 4.02. The van der Waals surface area contributed by atoms with Crippen molar-refractivity contribution in [3.8, 4) is 0 Å². The number of hydrogen-bond acceptors (Lipinski definition) is 2. The standard InChI is InChI=1S/C16H28O4Si2/c1-21(2,3)11-7-9-13(15(17)18)14(16(19)20)10-8-12-22(4,5)6/h7-8,11-12H,9-10H2,1-6H3,(H,17,18)(H,19,20)/b11-7?,12-8?,14-13+. The molecule has 22 heavy (non-hydrogen) atoms. The highest BCUT2D eigenvalue weighted by Gasteiger charge is 2.19. The van der Waals surface area contributed by atoms with Crippen molar-refractivity contribution in [3.63, 3.8) is 0 Å². The number of carboxylic acid groups (broad SMARTS) is 2. The zero-order valence-corrected chi connectivity index (χ0v) is 16.4. The summed E-state index contributed by atoms with van der Waals surface area (Å²) >= 11 is 0. The van der Waals surface area contributed by atoms with Crippen molar-refractivity contribution in [1.29, 1.82) is 0 Å². The van der Waals surface area contributed by atoms with Crippen LogP contribution in [0.5, 0.6) is 0 Å². The predicted octanol–water partition coefficient (Wildman–Crippen LogP) is 4.10. The average Bonchev–Trinajstić information content (AvgIpc) is 2.27. The SMILES string of the molecule is C[Si](C)(C)C=CC/C(C(=O)O)=C(/CC=C[Si](C)(C)C)C(=O)O. The van der Waals surface area contributed by atoms with Gasteiger partial charge in [-0.1, -0.05) is 62.8 Å². The van der Waals surface area contributed by atoms with E-state index in [4.69, 9.17) is 0 Å². The fourth-order valence-electron chi connectivity index (χ4n) is 1.74. The second-order valence-corrected chi connectivity index (χ2v) is 17.6. The van der Waals surface area contributed by atoms with Crippen molar-refractivity contribution in [1.82, 2.24) is 0 Å². The first-order chi connectivity index (χ1) is 9.83. The molecule has 0 aromatic carbocycles. The fraction of sp³-hybridized carbons (Fsp3) is 0.500. The van der Waals surface area contributed by atoms with Crippen LogP contribution in [-0.4, -0.2) is 38.3 Å². The number of carboxylic acids is 2. The molecule has 0 unspecified atom stereocenters. The second-order valence-electron chi connectivity index (χ2n) is 7.51. The van der Waals surface area contributed by atoms with Gasteiger partial charge in [0.15, 0.2) is 0 Å². The van der Waals surface area contributed by atoms with E-state index in [1.165, 1.54) is 0 Å². The molecule has 0 bridgehead atoms. The average molecular weight is 341 g/mol. The Hall–Kier alpha value is -1.41. The van der Waals surface area contributed by atoms with Gasteiger partial charge < -0.3 is 10.2 Å². The lowest BCUT2D eigenvalue weighted by atomic mass is 10.0. The molecule has 2 N–H and O–H groups in total. The molecule has 0 heterocycles. The minimum Gasteiger partial charge on any atom is -0.478 e. The highest BCUT2D eigenvalue weighted by atomic mass is 28.3. The van der Waals surface area contributed by atoms with Crippen molar-refractivity contribution >= 4 is 28.1 Å². The van der Waals surface area contributed by atoms with Crippen LogP contribution >= 0.6 is 0 Å². The number of hydrogen-bond donors (Lipinski definition) is 2. The molecular weight excluding hydrogens is 312 g/mol. The summed E-state index contributed by atoms with van der Waals surface area (Å²) in [6.07, 6.45) is 3.89. The van der Waals surface area contributed by atoms with Crippen molar-refractivity contribution in [2.75, 3.05) is 0 Å². The molecule has 0 amide bonds. The van der Waals surface area contributed by atoms with Crippen LogP contribution in [0.2, 0.25) is 39.3 Å². The zero-order valence-electron chi connectivity index (χ0n) is 14.4. The molecular formula is C16H28O4Si2. The Bertz CT molecular complexity index is 457. The van der Waals surface area contributed by atoms with Crippen LogP contribution in [0.25, 0.3) is 0 Å². The van der Waals surface area contributed by atoms with Crippen molar-refractivity contribution in [2.45, 2.75) is 52.1 Å². The smallest absolute Gasteiger partial charge is 0.332 e. The summed E-state index contributed by atoms with van der Waals surface area (Å²) in [4.78, 5) is 22.8. The van der Waals surface area contributed by atoms with Gasteiger partial charge in [0.1, 0.15) is 0 Å². The Kier molecular flexibility index (Phi) is 7.76. The van der Waals surface area contributed by atoms with E-state index in [9.17, 15) is 19.8 Å². The predicted molar refractivity (Wildman–Crippen MR) is 96.5 cm³/mol. The van der Waals surface area contributed by atoms with E-state index in [0.717, 1.165) is 0 Å². The maximum Gasteiger partial charge on any atom is 0.332 e. The maximum absolute atomic E-state index is 11.4. The Morgan fingerprint density at radius 1 is 0.727 bits per heavy atom. The first kappa shape index (κ1) is 20.6. The molecule has 0 aliphatic carbocycles. The van der Waals surface area contributed by atoms with Gasteiger partial charge in [-0.25, -0.2) is 9.59 Å². The lowest BCUT2D eigenvalue weighted by Crippen LogP contribution is -2.16. The first-order valence-corrected chi connectivity index (χ1v) is 14.5. The molecule has 0 spiro atoms. The topological polar surface area (TPSA) is 74.6 Å².